The summed E-state index contributed by atoms with van der Waals surface area (Å²) in [5.74, 6) is 0.0549. The molecule has 0 amide bonds. The minimum Gasteiger partial charge on any atom is -0.373 e. The molecule has 3 rings (SSSR count). The molecule has 0 bridgehead atoms. The van der Waals surface area contributed by atoms with Gasteiger partial charge in [0.2, 0.25) is 5.95 Å². The highest BCUT2D eigenvalue weighted by atomic mass is 32.2. The molecule has 0 aliphatic carbocycles. The summed E-state index contributed by atoms with van der Waals surface area (Å²) in [4.78, 5) is 9.11. The number of hydrogen-bond donors (Lipinski definition) is 2. The van der Waals surface area contributed by atoms with Crippen molar-refractivity contribution < 1.29 is 9.13 Å². The second-order valence-electron chi connectivity index (χ2n) is 4.76. The Balaban J connectivity index is 1.74. The molecule has 0 unspecified atom stereocenters. The van der Waals surface area contributed by atoms with Crippen LogP contribution in [0.2, 0.25) is 0 Å². The van der Waals surface area contributed by atoms with Crippen LogP contribution in [0.15, 0.2) is 35.5 Å². The van der Waals surface area contributed by atoms with E-state index in [4.69, 9.17) is 9.88 Å². The molecule has 2 heterocycles. The van der Waals surface area contributed by atoms with E-state index in [1.54, 1.807) is 18.5 Å². The molecule has 2 aromatic rings. The zero-order valence-corrected chi connectivity index (χ0v) is 12.1. The van der Waals surface area contributed by atoms with Crippen molar-refractivity contribution in [3.05, 3.63) is 42.0 Å². The molecule has 0 radical (unpaired) electrons. The van der Waals surface area contributed by atoms with Gasteiger partial charge in [0.1, 0.15) is 5.82 Å². The van der Waals surface area contributed by atoms with E-state index in [1.807, 2.05) is 0 Å². The van der Waals surface area contributed by atoms with Gasteiger partial charge in [-0.2, -0.15) is 0 Å². The van der Waals surface area contributed by atoms with Crippen molar-refractivity contribution in [3.63, 3.8) is 0 Å². The molecular formula is C14H15FN4OS. The SMILES string of the molecule is NSc1cc(F)cc(Nc2ncc([C@@H]3CCCO3)cn2)c1. The number of rotatable bonds is 4. The van der Waals surface area contributed by atoms with Gasteiger partial charge in [0.15, 0.2) is 0 Å². The van der Waals surface area contributed by atoms with Gasteiger partial charge in [-0.3, -0.25) is 5.14 Å². The van der Waals surface area contributed by atoms with Gasteiger partial charge < -0.3 is 10.1 Å². The number of nitrogens with zero attached hydrogens (tertiary/aromatic N) is 2. The van der Waals surface area contributed by atoms with Crippen LogP contribution >= 0.6 is 11.9 Å². The number of hydrogen-bond acceptors (Lipinski definition) is 6. The van der Waals surface area contributed by atoms with Crippen LogP contribution in [0.1, 0.15) is 24.5 Å². The Morgan fingerprint density at radius 1 is 1.29 bits per heavy atom. The molecule has 0 spiro atoms. The average molecular weight is 306 g/mol. The minimum atomic E-state index is -0.357. The Kier molecular flexibility index (Phi) is 4.33. The van der Waals surface area contributed by atoms with E-state index in [2.05, 4.69) is 15.3 Å². The van der Waals surface area contributed by atoms with Crippen LogP contribution < -0.4 is 10.5 Å². The van der Waals surface area contributed by atoms with Crippen molar-refractivity contribution in [3.8, 4) is 0 Å². The third kappa shape index (κ3) is 3.49. The Bertz CT molecular complexity index is 617. The van der Waals surface area contributed by atoms with Crippen molar-refractivity contribution in [1.82, 2.24) is 9.97 Å². The summed E-state index contributed by atoms with van der Waals surface area (Å²) in [5, 5.41) is 8.41. The van der Waals surface area contributed by atoms with Gasteiger partial charge in [-0.25, -0.2) is 14.4 Å². The Morgan fingerprint density at radius 2 is 2.10 bits per heavy atom. The van der Waals surface area contributed by atoms with Crippen molar-refractivity contribution in [1.29, 1.82) is 0 Å². The molecule has 1 aromatic heterocycles. The largest absolute Gasteiger partial charge is 0.373 e. The van der Waals surface area contributed by atoms with Crippen LogP contribution in [-0.4, -0.2) is 16.6 Å². The highest BCUT2D eigenvalue weighted by Gasteiger charge is 2.18. The van der Waals surface area contributed by atoms with Crippen molar-refractivity contribution in [2.75, 3.05) is 11.9 Å². The normalized spacial score (nSPS) is 17.9. The van der Waals surface area contributed by atoms with Crippen LogP contribution in [0.4, 0.5) is 16.0 Å². The van der Waals surface area contributed by atoms with E-state index in [0.29, 0.717) is 16.5 Å². The van der Waals surface area contributed by atoms with Crippen LogP contribution in [0.3, 0.4) is 0 Å². The number of benzene rings is 1. The first-order valence-electron chi connectivity index (χ1n) is 6.62. The number of halogens is 1. The van der Waals surface area contributed by atoms with Gasteiger partial charge in [-0.05, 0) is 43.0 Å². The number of ether oxygens (including phenoxy) is 1. The van der Waals surface area contributed by atoms with Crippen LogP contribution in [0.5, 0.6) is 0 Å². The summed E-state index contributed by atoms with van der Waals surface area (Å²) in [6, 6.07) is 4.49. The summed E-state index contributed by atoms with van der Waals surface area (Å²) in [7, 11) is 0. The number of nitrogens with two attached hydrogens (primary N) is 1. The van der Waals surface area contributed by atoms with E-state index in [9.17, 15) is 4.39 Å². The first-order valence-corrected chi connectivity index (χ1v) is 7.50. The number of anilines is 2. The molecule has 3 N–H and O–H groups in total. The lowest BCUT2D eigenvalue weighted by Crippen LogP contribution is -2.02. The summed E-state index contributed by atoms with van der Waals surface area (Å²) in [5.41, 5.74) is 1.53. The predicted octanol–water partition coefficient (Wildman–Crippen LogP) is 3.18. The maximum atomic E-state index is 13.4. The Morgan fingerprint density at radius 3 is 2.76 bits per heavy atom. The number of nitrogens with one attached hydrogen (secondary N) is 1. The molecule has 1 fully saturated rings. The highest BCUT2D eigenvalue weighted by Crippen LogP contribution is 2.28. The fourth-order valence-electron chi connectivity index (χ4n) is 2.24. The standard InChI is InChI=1S/C14H15FN4OS/c15-10-4-11(6-12(5-10)21-16)19-14-17-7-9(8-18-14)13-2-1-3-20-13/h4-8,13H,1-3,16H2,(H,17,18,19)/t13-/m0/s1. The summed E-state index contributed by atoms with van der Waals surface area (Å²) >= 11 is 0.990. The first-order chi connectivity index (χ1) is 10.2. The van der Waals surface area contributed by atoms with Gasteiger partial charge in [-0.15, -0.1) is 0 Å². The summed E-state index contributed by atoms with van der Waals surface area (Å²) in [6.07, 6.45) is 5.63. The van der Waals surface area contributed by atoms with E-state index in [0.717, 1.165) is 37.0 Å². The lowest BCUT2D eigenvalue weighted by molar-refractivity contribution is 0.111. The number of aromatic nitrogens is 2. The molecule has 1 aromatic carbocycles. The highest BCUT2D eigenvalue weighted by molar-refractivity contribution is 7.97. The molecule has 110 valence electrons. The monoisotopic (exact) mass is 306 g/mol. The minimum absolute atomic E-state index is 0.0912. The lowest BCUT2D eigenvalue weighted by Gasteiger charge is -2.10. The lowest BCUT2D eigenvalue weighted by atomic mass is 10.1. The third-order valence-electron chi connectivity index (χ3n) is 3.24. The van der Waals surface area contributed by atoms with E-state index in [-0.39, 0.29) is 11.9 Å². The maximum absolute atomic E-state index is 13.4. The average Bonchev–Trinajstić information content (AvgIpc) is 3.01. The molecule has 1 saturated heterocycles. The Labute approximate surface area is 126 Å². The second-order valence-corrected chi connectivity index (χ2v) is 5.47. The van der Waals surface area contributed by atoms with Crippen molar-refractivity contribution >= 4 is 23.6 Å². The molecule has 1 aliphatic heterocycles. The van der Waals surface area contributed by atoms with Crippen LogP contribution in [0, 0.1) is 5.82 Å². The van der Waals surface area contributed by atoms with Gasteiger partial charge in [0, 0.05) is 35.1 Å². The molecule has 5 nitrogen and oxygen atoms in total. The topological polar surface area (TPSA) is 73.1 Å². The van der Waals surface area contributed by atoms with Crippen molar-refractivity contribution in [2.45, 2.75) is 23.8 Å². The van der Waals surface area contributed by atoms with Crippen LogP contribution in [0.25, 0.3) is 0 Å². The quantitative estimate of drug-likeness (QED) is 0.845. The zero-order chi connectivity index (χ0) is 14.7. The molecule has 21 heavy (non-hydrogen) atoms. The molecule has 0 saturated carbocycles. The zero-order valence-electron chi connectivity index (χ0n) is 11.3. The van der Waals surface area contributed by atoms with Gasteiger partial charge in [0.25, 0.3) is 0 Å². The fraction of sp³-hybridized carbons (Fsp3) is 0.286. The van der Waals surface area contributed by atoms with E-state index >= 15 is 0 Å². The third-order valence-corrected chi connectivity index (χ3v) is 3.74. The summed E-state index contributed by atoms with van der Waals surface area (Å²) in [6.45, 7) is 0.785. The smallest absolute Gasteiger partial charge is 0.227 e. The molecule has 7 heteroatoms. The summed E-state index contributed by atoms with van der Waals surface area (Å²) < 4.78 is 19.0. The van der Waals surface area contributed by atoms with E-state index in [1.165, 1.54) is 12.1 Å². The predicted molar refractivity (Wildman–Crippen MR) is 79.7 cm³/mol. The van der Waals surface area contributed by atoms with Gasteiger partial charge >= 0.3 is 0 Å². The first kappa shape index (κ1) is 14.2. The fourth-order valence-corrected chi connectivity index (χ4v) is 2.62. The van der Waals surface area contributed by atoms with Crippen LogP contribution in [-0.2, 0) is 4.74 Å². The van der Waals surface area contributed by atoms with Gasteiger partial charge in [0.05, 0.1) is 6.10 Å². The molecular weight excluding hydrogens is 291 g/mol. The Hall–Kier alpha value is -1.70. The van der Waals surface area contributed by atoms with E-state index < -0.39 is 0 Å². The molecule has 1 aliphatic rings. The molecule has 1 atom stereocenters. The van der Waals surface area contributed by atoms with Crippen molar-refractivity contribution in [2.24, 2.45) is 5.14 Å². The maximum Gasteiger partial charge on any atom is 0.227 e. The van der Waals surface area contributed by atoms with Gasteiger partial charge in [-0.1, -0.05) is 0 Å². The second kappa shape index (κ2) is 6.38.